The maximum Gasteiger partial charge on any atom is 0.234 e. The third-order valence-corrected chi connectivity index (χ3v) is 4.18. The Kier molecular flexibility index (Phi) is 6.54. The van der Waals surface area contributed by atoms with Crippen molar-refractivity contribution in [3.05, 3.63) is 46.7 Å². The average Bonchev–Trinajstić information content (AvgIpc) is 2.50. The molecule has 1 saturated heterocycles. The van der Waals surface area contributed by atoms with Gasteiger partial charge in [-0.15, -0.1) is 6.58 Å². The molecule has 0 bridgehead atoms. The van der Waals surface area contributed by atoms with Crippen LogP contribution in [0.1, 0.15) is 5.56 Å². The molecule has 22 heavy (non-hydrogen) atoms. The Morgan fingerprint density at radius 2 is 2.00 bits per heavy atom. The standard InChI is InChI=1S/C16H21BrFN3O/c1-2-5-19-16(22)12-21-8-6-20(7-9-21)11-13-3-4-14(17)10-15(13)18/h2-4,10H,1,5-9,11-12H2,(H,19,22). The number of nitrogens with one attached hydrogen (secondary N) is 1. The van der Waals surface area contributed by atoms with E-state index in [1.54, 1.807) is 6.08 Å². The molecule has 0 aliphatic carbocycles. The molecule has 0 saturated carbocycles. The van der Waals surface area contributed by atoms with Crippen LogP contribution in [0.3, 0.4) is 0 Å². The van der Waals surface area contributed by atoms with Crippen LogP contribution in [0.4, 0.5) is 4.39 Å². The Morgan fingerprint density at radius 1 is 1.32 bits per heavy atom. The van der Waals surface area contributed by atoms with Gasteiger partial charge >= 0.3 is 0 Å². The summed E-state index contributed by atoms with van der Waals surface area (Å²) in [5, 5.41) is 2.78. The second-order valence-electron chi connectivity index (χ2n) is 5.38. The van der Waals surface area contributed by atoms with Gasteiger partial charge in [0.05, 0.1) is 6.54 Å². The summed E-state index contributed by atoms with van der Waals surface area (Å²) in [5.74, 6) is -0.159. The molecule has 2 rings (SSSR count). The summed E-state index contributed by atoms with van der Waals surface area (Å²) < 4.78 is 14.6. The molecule has 0 spiro atoms. The Balaban J connectivity index is 1.77. The molecule has 1 aromatic rings. The van der Waals surface area contributed by atoms with Crippen LogP contribution in [0.15, 0.2) is 35.3 Å². The molecule has 120 valence electrons. The molecule has 1 aliphatic heterocycles. The molecule has 0 atom stereocenters. The summed E-state index contributed by atoms with van der Waals surface area (Å²) >= 11 is 3.27. The Bertz CT molecular complexity index is 530. The average molecular weight is 370 g/mol. The first-order chi connectivity index (χ1) is 10.6. The number of carbonyl (C=O) groups is 1. The predicted molar refractivity (Wildman–Crippen MR) is 89.0 cm³/mol. The lowest BCUT2D eigenvalue weighted by atomic mass is 10.2. The van der Waals surface area contributed by atoms with Crippen LogP contribution in [-0.2, 0) is 11.3 Å². The van der Waals surface area contributed by atoms with E-state index in [1.807, 2.05) is 12.1 Å². The van der Waals surface area contributed by atoms with Crippen molar-refractivity contribution in [3.63, 3.8) is 0 Å². The van der Waals surface area contributed by atoms with E-state index >= 15 is 0 Å². The fourth-order valence-corrected chi connectivity index (χ4v) is 2.77. The van der Waals surface area contributed by atoms with Crippen LogP contribution in [0.5, 0.6) is 0 Å². The zero-order chi connectivity index (χ0) is 15.9. The second-order valence-corrected chi connectivity index (χ2v) is 6.30. The highest BCUT2D eigenvalue weighted by molar-refractivity contribution is 9.10. The molecule has 0 radical (unpaired) electrons. The zero-order valence-electron chi connectivity index (χ0n) is 12.5. The van der Waals surface area contributed by atoms with E-state index in [0.717, 1.165) is 30.7 Å². The number of hydrogen-bond donors (Lipinski definition) is 1. The summed E-state index contributed by atoms with van der Waals surface area (Å²) in [7, 11) is 0. The smallest absolute Gasteiger partial charge is 0.234 e. The minimum Gasteiger partial charge on any atom is -0.352 e. The van der Waals surface area contributed by atoms with Gasteiger partial charge in [-0.25, -0.2) is 4.39 Å². The number of nitrogens with zero attached hydrogens (tertiary/aromatic N) is 2. The van der Waals surface area contributed by atoms with E-state index < -0.39 is 0 Å². The third-order valence-electron chi connectivity index (χ3n) is 3.68. The SMILES string of the molecule is C=CCNC(=O)CN1CCN(Cc2ccc(Br)cc2F)CC1. The number of rotatable bonds is 6. The van der Waals surface area contributed by atoms with E-state index in [2.05, 4.69) is 37.6 Å². The molecule has 1 aliphatic rings. The number of halogens is 2. The topological polar surface area (TPSA) is 35.6 Å². The summed E-state index contributed by atoms with van der Waals surface area (Å²) in [5.41, 5.74) is 0.709. The van der Waals surface area contributed by atoms with Gasteiger partial charge in [-0.05, 0) is 12.1 Å². The molecule has 1 aromatic carbocycles. The highest BCUT2D eigenvalue weighted by atomic mass is 79.9. The molecule has 1 amide bonds. The highest BCUT2D eigenvalue weighted by Gasteiger charge is 2.19. The summed E-state index contributed by atoms with van der Waals surface area (Å²) in [6.07, 6.45) is 1.67. The molecule has 1 heterocycles. The predicted octanol–water partition coefficient (Wildman–Crippen LogP) is 2.01. The van der Waals surface area contributed by atoms with Gasteiger partial charge in [0, 0.05) is 49.3 Å². The minimum absolute atomic E-state index is 0.0207. The van der Waals surface area contributed by atoms with E-state index in [1.165, 1.54) is 6.07 Å². The van der Waals surface area contributed by atoms with Crippen molar-refractivity contribution in [3.8, 4) is 0 Å². The van der Waals surface area contributed by atoms with Crippen LogP contribution in [0.25, 0.3) is 0 Å². The lowest BCUT2D eigenvalue weighted by Crippen LogP contribution is -2.49. The maximum absolute atomic E-state index is 13.8. The first kappa shape index (κ1) is 17.1. The quantitative estimate of drug-likeness (QED) is 0.779. The van der Waals surface area contributed by atoms with Crippen molar-refractivity contribution < 1.29 is 9.18 Å². The third kappa shape index (κ3) is 5.19. The molecule has 1 fully saturated rings. The van der Waals surface area contributed by atoms with Crippen molar-refractivity contribution >= 4 is 21.8 Å². The maximum atomic E-state index is 13.8. The van der Waals surface area contributed by atoms with Gasteiger partial charge < -0.3 is 5.32 Å². The van der Waals surface area contributed by atoms with Crippen LogP contribution >= 0.6 is 15.9 Å². The molecule has 6 heteroatoms. The van der Waals surface area contributed by atoms with Crippen molar-refractivity contribution in [2.24, 2.45) is 0 Å². The number of amides is 1. The lowest BCUT2D eigenvalue weighted by molar-refractivity contribution is -0.122. The van der Waals surface area contributed by atoms with Gasteiger partial charge in [0.25, 0.3) is 0 Å². The number of piperazine rings is 1. The normalized spacial score (nSPS) is 16.5. The molecule has 0 aromatic heterocycles. The van der Waals surface area contributed by atoms with Gasteiger partial charge in [-0.2, -0.15) is 0 Å². The largest absolute Gasteiger partial charge is 0.352 e. The lowest BCUT2D eigenvalue weighted by Gasteiger charge is -2.34. The summed E-state index contributed by atoms with van der Waals surface area (Å²) in [6, 6.07) is 5.17. The van der Waals surface area contributed by atoms with E-state index in [4.69, 9.17) is 0 Å². The fourth-order valence-electron chi connectivity index (χ4n) is 2.44. The molecule has 4 nitrogen and oxygen atoms in total. The fraction of sp³-hybridized carbons (Fsp3) is 0.438. The van der Waals surface area contributed by atoms with Crippen molar-refractivity contribution in [1.29, 1.82) is 0 Å². The van der Waals surface area contributed by atoms with Crippen LogP contribution in [0.2, 0.25) is 0 Å². The number of benzene rings is 1. The first-order valence-electron chi connectivity index (χ1n) is 7.34. The van der Waals surface area contributed by atoms with Gasteiger partial charge in [-0.3, -0.25) is 14.6 Å². The van der Waals surface area contributed by atoms with Crippen molar-refractivity contribution in [2.45, 2.75) is 6.54 Å². The van der Waals surface area contributed by atoms with Gasteiger partial charge in [0.15, 0.2) is 0 Å². The van der Waals surface area contributed by atoms with Gasteiger partial charge in [0.1, 0.15) is 5.82 Å². The Morgan fingerprint density at radius 3 is 2.64 bits per heavy atom. The van der Waals surface area contributed by atoms with Crippen LogP contribution < -0.4 is 5.32 Å². The zero-order valence-corrected chi connectivity index (χ0v) is 14.1. The molecule has 1 N–H and O–H groups in total. The number of hydrogen-bond acceptors (Lipinski definition) is 3. The summed E-state index contributed by atoms with van der Waals surface area (Å²) in [6.45, 7) is 8.41. The minimum atomic E-state index is -0.180. The van der Waals surface area contributed by atoms with E-state index in [-0.39, 0.29) is 11.7 Å². The van der Waals surface area contributed by atoms with Gasteiger partial charge in [0.2, 0.25) is 5.91 Å². The van der Waals surface area contributed by atoms with Gasteiger partial charge in [-0.1, -0.05) is 28.1 Å². The van der Waals surface area contributed by atoms with Crippen LogP contribution in [-0.4, -0.2) is 55.0 Å². The van der Waals surface area contributed by atoms with Crippen LogP contribution in [0, 0.1) is 5.82 Å². The highest BCUT2D eigenvalue weighted by Crippen LogP contribution is 2.17. The van der Waals surface area contributed by atoms with Crippen molar-refractivity contribution in [1.82, 2.24) is 15.1 Å². The van der Waals surface area contributed by atoms with Crippen molar-refractivity contribution in [2.75, 3.05) is 39.3 Å². The Hall–Kier alpha value is -1.24. The monoisotopic (exact) mass is 369 g/mol. The summed E-state index contributed by atoms with van der Waals surface area (Å²) in [4.78, 5) is 16.0. The molecular formula is C16H21BrFN3O. The molecular weight excluding hydrogens is 349 g/mol. The van der Waals surface area contributed by atoms with E-state index in [9.17, 15) is 9.18 Å². The molecule has 0 unspecified atom stereocenters. The first-order valence-corrected chi connectivity index (χ1v) is 8.14. The Labute approximate surface area is 139 Å². The van der Waals surface area contributed by atoms with E-state index in [0.29, 0.717) is 25.2 Å². The number of carbonyl (C=O) groups excluding carboxylic acids is 1. The second kappa shape index (κ2) is 8.41.